The summed E-state index contributed by atoms with van der Waals surface area (Å²) in [6.45, 7) is 1.52. The molecule has 0 aromatic heterocycles. The zero-order valence-electron chi connectivity index (χ0n) is 12.6. The molecule has 0 bridgehead atoms. The van der Waals surface area contributed by atoms with Gasteiger partial charge in [0, 0.05) is 6.42 Å². The standard InChI is InChI=1S/C15H13F2NO6/c1-2-23-11(19)7-8-15(16,17)14(22)24-18-12(20)9-5-3-4-6-10(9)13(18)21/h3-6H,2,7-8H2,1H3. The highest BCUT2D eigenvalue weighted by Crippen LogP contribution is 2.27. The summed E-state index contributed by atoms with van der Waals surface area (Å²) in [7, 11) is 0. The first-order chi connectivity index (χ1) is 11.3. The minimum Gasteiger partial charge on any atom is -0.466 e. The van der Waals surface area contributed by atoms with Crippen LogP contribution in [0.15, 0.2) is 24.3 Å². The largest absolute Gasteiger partial charge is 0.466 e. The Hall–Kier alpha value is -2.84. The molecule has 1 aliphatic rings. The monoisotopic (exact) mass is 341 g/mol. The third kappa shape index (κ3) is 3.39. The number of alkyl halides is 2. The molecule has 1 aromatic carbocycles. The van der Waals surface area contributed by atoms with Crippen molar-refractivity contribution in [1.82, 2.24) is 5.06 Å². The summed E-state index contributed by atoms with van der Waals surface area (Å²) in [5, 5.41) is -0.00866. The van der Waals surface area contributed by atoms with E-state index in [1.807, 2.05) is 0 Å². The summed E-state index contributed by atoms with van der Waals surface area (Å²) in [6, 6.07) is 5.57. The summed E-state index contributed by atoms with van der Waals surface area (Å²) >= 11 is 0. The van der Waals surface area contributed by atoms with Crippen LogP contribution in [-0.2, 0) is 19.2 Å². The molecule has 7 nitrogen and oxygen atoms in total. The Morgan fingerprint density at radius 3 is 2.17 bits per heavy atom. The highest BCUT2D eigenvalue weighted by atomic mass is 19.3. The quantitative estimate of drug-likeness (QED) is 0.578. The lowest BCUT2D eigenvalue weighted by atomic mass is 10.1. The molecule has 0 saturated carbocycles. The zero-order valence-corrected chi connectivity index (χ0v) is 12.6. The first-order valence-corrected chi connectivity index (χ1v) is 7.01. The van der Waals surface area contributed by atoms with E-state index in [-0.39, 0.29) is 22.8 Å². The van der Waals surface area contributed by atoms with E-state index in [0.29, 0.717) is 0 Å². The van der Waals surface area contributed by atoms with Gasteiger partial charge in [0.15, 0.2) is 0 Å². The number of benzene rings is 1. The van der Waals surface area contributed by atoms with Crippen LogP contribution in [0.25, 0.3) is 0 Å². The van der Waals surface area contributed by atoms with Crippen LogP contribution >= 0.6 is 0 Å². The van der Waals surface area contributed by atoms with Crippen molar-refractivity contribution in [2.24, 2.45) is 0 Å². The molecule has 9 heteroatoms. The second-order valence-corrected chi connectivity index (χ2v) is 4.84. The van der Waals surface area contributed by atoms with Gasteiger partial charge in [0.2, 0.25) is 0 Å². The van der Waals surface area contributed by atoms with E-state index in [4.69, 9.17) is 0 Å². The van der Waals surface area contributed by atoms with Gasteiger partial charge in [0.25, 0.3) is 11.8 Å². The van der Waals surface area contributed by atoms with Gasteiger partial charge in [-0.25, -0.2) is 4.79 Å². The van der Waals surface area contributed by atoms with Crippen LogP contribution in [0.1, 0.15) is 40.5 Å². The van der Waals surface area contributed by atoms with E-state index in [9.17, 15) is 28.0 Å². The topological polar surface area (TPSA) is 90.0 Å². The molecule has 0 fully saturated rings. The number of rotatable bonds is 6. The number of hydrogen-bond acceptors (Lipinski definition) is 6. The van der Waals surface area contributed by atoms with Crippen LogP contribution in [0.3, 0.4) is 0 Å². The van der Waals surface area contributed by atoms with Crippen molar-refractivity contribution in [1.29, 1.82) is 0 Å². The fraction of sp³-hybridized carbons (Fsp3) is 0.333. The molecule has 128 valence electrons. The summed E-state index contributed by atoms with van der Waals surface area (Å²) in [5.74, 6) is -9.07. The summed E-state index contributed by atoms with van der Waals surface area (Å²) < 4.78 is 31.9. The predicted molar refractivity (Wildman–Crippen MR) is 73.8 cm³/mol. The SMILES string of the molecule is CCOC(=O)CCC(F)(F)C(=O)ON1C(=O)c2ccccc2C1=O. The Kier molecular flexibility index (Phi) is 4.91. The molecule has 0 saturated heterocycles. The van der Waals surface area contributed by atoms with E-state index < -0.39 is 42.5 Å². The smallest absolute Gasteiger partial charge is 0.402 e. The van der Waals surface area contributed by atoms with Crippen LogP contribution in [0.4, 0.5) is 8.78 Å². The molecule has 1 aliphatic heterocycles. The summed E-state index contributed by atoms with van der Waals surface area (Å²) in [5.41, 5.74) is -0.102. The van der Waals surface area contributed by atoms with Crippen LogP contribution in [0, 0.1) is 0 Å². The molecule has 1 aromatic rings. The molecule has 0 radical (unpaired) electrons. The molecule has 1 heterocycles. The van der Waals surface area contributed by atoms with Crippen molar-refractivity contribution in [3.05, 3.63) is 35.4 Å². The summed E-state index contributed by atoms with van der Waals surface area (Å²) in [4.78, 5) is 50.8. The molecule has 0 spiro atoms. The van der Waals surface area contributed by atoms with E-state index in [1.165, 1.54) is 31.2 Å². The fourth-order valence-corrected chi connectivity index (χ4v) is 1.99. The number of esters is 1. The van der Waals surface area contributed by atoms with Crippen molar-refractivity contribution >= 4 is 23.8 Å². The number of carbonyl (C=O) groups excluding carboxylic acids is 4. The van der Waals surface area contributed by atoms with Crippen molar-refractivity contribution in [3.8, 4) is 0 Å². The van der Waals surface area contributed by atoms with Crippen LogP contribution < -0.4 is 0 Å². The fourth-order valence-electron chi connectivity index (χ4n) is 1.99. The van der Waals surface area contributed by atoms with Gasteiger partial charge in [-0.3, -0.25) is 14.4 Å². The number of ether oxygens (including phenoxy) is 1. The van der Waals surface area contributed by atoms with Gasteiger partial charge in [-0.2, -0.15) is 8.78 Å². The zero-order chi connectivity index (χ0) is 17.9. The maximum Gasteiger partial charge on any atom is 0.402 e. The highest BCUT2D eigenvalue weighted by molar-refractivity contribution is 6.20. The van der Waals surface area contributed by atoms with Gasteiger partial charge >= 0.3 is 17.9 Å². The van der Waals surface area contributed by atoms with Crippen LogP contribution in [0.5, 0.6) is 0 Å². The third-order valence-electron chi connectivity index (χ3n) is 3.18. The van der Waals surface area contributed by atoms with Crippen molar-refractivity contribution < 1.29 is 37.5 Å². The van der Waals surface area contributed by atoms with Gasteiger partial charge in [-0.05, 0) is 19.1 Å². The number of fused-ring (bicyclic) bond motifs is 1. The van der Waals surface area contributed by atoms with Gasteiger partial charge in [0.05, 0.1) is 24.2 Å². The molecule has 2 amide bonds. The molecule has 0 N–H and O–H groups in total. The molecule has 24 heavy (non-hydrogen) atoms. The average Bonchev–Trinajstić information content (AvgIpc) is 2.79. The molecule has 0 unspecified atom stereocenters. The number of imide groups is 1. The maximum atomic E-state index is 13.7. The molecule has 0 aliphatic carbocycles. The maximum absolute atomic E-state index is 13.7. The lowest BCUT2D eigenvalue weighted by Crippen LogP contribution is -2.40. The normalized spacial score (nSPS) is 13.7. The Morgan fingerprint density at radius 1 is 1.12 bits per heavy atom. The Labute approximate surface area is 135 Å². The van der Waals surface area contributed by atoms with E-state index in [2.05, 4.69) is 9.57 Å². The van der Waals surface area contributed by atoms with Crippen LogP contribution in [-0.4, -0.2) is 41.3 Å². The minimum atomic E-state index is -4.05. The number of nitrogens with zero attached hydrogens (tertiary/aromatic N) is 1. The number of hydrogen-bond donors (Lipinski definition) is 0. The number of carbonyl (C=O) groups is 4. The van der Waals surface area contributed by atoms with Crippen LogP contribution in [0.2, 0.25) is 0 Å². The van der Waals surface area contributed by atoms with Gasteiger partial charge in [0.1, 0.15) is 0 Å². The second-order valence-electron chi connectivity index (χ2n) is 4.84. The van der Waals surface area contributed by atoms with Gasteiger partial charge in [-0.15, -0.1) is 0 Å². The van der Waals surface area contributed by atoms with Gasteiger partial charge in [-0.1, -0.05) is 17.2 Å². The van der Waals surface area contributed by atoms with Crippen molar-refractivity contribution in [2.75, 3.05) is 6.61 Å². The first-order valence-electron chi connectivity index (χ1n) is 7.01. The molecule has 2 rings (SSSR count). The Balaban J connectivity index is 2.03. The van der Waals surface area contributed by atoms with E-state index >= 15 is 0 Å². The number of amides is 2. The first kappa shape index (κ1) is 17.5. The predicted octanol–water partition coefficient (Wildman–Crippen LogP) is 1.72. The molecular formula is C15H13F2NO6. The van der Waals surface area contributed by atoms with Crippen molar-refractivity contribution in [2.45, 2.75) is 25.7 Å². The Bertz CT molecular complexity index is 668. The lowest BCUT2D eigenvalue weighted by molar-refractivity contribution is -0.197. The summed E-state index contributed by atoms with van der Waals surface area (Å²) in [6.07, 6.45) is -1.87. The third-order valence-corrected chi connectivity index (χ3v) is 3.18. The van der Waals surface area contributed by atoms with E-state index in [1.54, 1.807) is 0 Å². The number of hydroxylamine groups is 2. The lowest BCUT2D eigenvalue weighted by Gasteiger charge is -2.18. The van der Waals surface area contributed by atoms with E-state index in [0.717, 1.165) is 0 Å². The minimum absolute atomic E-state index is 0.00866. The number of halogens is 2. The highest BCUT2D eigenvalue weighted by Gasteiger charge is 2.46. The molecule has 0 atom stereocenters. The molecular weight excluding hydrogens is 328 g/mol. The van der Waals surface area contributed by atoms with Gasteiger partial charge < -0.3 is 9.57 Å². The average molecular weight is 341 g/mol. The Morgan fingerprint density at radius 2 is 1.67 bits per heavy atom. The van der Waals surface area contributed by atoms with Crippen molar-refractivity contribution in [3.63, 3.8) is 0 Å². The second kappa shape index (κ2) is 6.73.